The average molecular weight is 289 g/mol. The van der Waals surface area contributed by atoms with E-state index in [9.17, 15) is 0 Å². The first-order chi connectivity index (χ1) is 8.20. The lowest BCUT2D eigenvalue weighted by atomic mass is 10.2. The topological polar surface area (TPSA) is 59.0 Å². The number of nitrogens with zero attached hydrogens (tertiary/aromatic N) is 1. The summed E-state index contributed by atoms with van der Waals surface area (Å²) in [6.45, 7) is 0. The molecule has 0 fully saturated rings. The Balaban J connectivity index is 2.32. The van der Waals surface area contributed by atoms with E-state index in [0.717, 1.165) is 4.47 Å². The molecule has 17 heavy (non-hydrogen) atoms. The summed E-state index contributed by atoms with van der Waals surface area (Å²) in [6.07, 6.45) is 0. The molecule has 0 atom stereocenters. The number of halogens is 1. The summed E-state index contributed by atoms with van der Waals surface area (Å²) in [6, 6.07) is 14.4. The van der Waals surface area contributed by atoms with E-state index >= 15 is 0 Å². The summed E-state index contributed by atoms with van der Waals surface area (Å²) in [5.41, 5.74) is 6.93. The van der Waals surface area contributed by atoms with Gasteiger partial charge in [-0.1, -0.05) is 12.1 Å². The van der Waals surface area contributed by atoms with E-state index in [-0.39, 0.29) is 0 Å². The minimum absolute atomic E-state index is 0.573. The fourth-order valence-electron chi connectivity index (χ4n) is 1.35. The molecule has 0 amide bonds. The van der Waals surface area contributed by atoms with Crippen molar-refractivity contribution in [3.05, 3.63) is 52.5 Å². The van der Waals surface area contributed by atoms with Crippen LogP contribution in [0.25, 0.3) is 0 Å². The van der Waals surface area contributed by atoms with Crippen LogP contribution in [0.2, 0.25) is 0 Å². The van der Waals surface area contributed by atoms with Crippen LogP contribution in [0.15, 0.2) is 46.9 Å². The maximum atomic E-state index is 8.76. The number of para-hydroxylation sites is 2. The number of hydrogen-bond donors (Lipinski definition) is 1. The summed E-state index contributed by atoms with van der Waals surface area (Å²) < 4.78 is 6.38. The zero-order chi connectivity index (χ0) is 12.3. The van der Waals surface area contributed by atoms with Crippen molar-refractivity contribution < 1.29 is 4.74 Å². The van der Waals surface area contributed by atoms with Crippen LogP contribution in [0.5, 0.6) is 11.5 Å². The fraction of sp³-hybridized carbons (Fsp3) is 0. The summed E-state index contributed by atoms with van der Waals surface area (Å²) in [4.78, 5) is 0. The molecular formula is C13H9BrN2O. The fourth-order valence-corrected chi connectivity index (χ4v) is 1.80. The summed E-state index contributed by atoms with van der Waals surface area (Å²) >= 11 is 3.35. The molecule has 2 N–H and O–H groups in total. The second kappa shape index (κ2) is 4.89. The molecule has 84 valence electrons. The van der Waals surface area contributed by atoms with Gasteiger partial charge in [-0.15, -0.1) is 0 Å². The van der Waals surface area contributed by atoms with Crippen LogP contribution in [0.3, 0.4) is 0 Å². The number of anilines is 1. The van der Waals surface area contributed by atoms with Crippen LogP contribution in [0, 0.1) is 11.3 Å². The Morgan fingerprint density at radius 1 is 1.12 bits per heavy atom. The molecule has 2 aromatic carbocycles. The third-order valence-corrected chi connectivity index (χ3v) is 2.82. The molecule has 0 radical (unpaired) electrons. The summed E-state index contributed by atoms with van der Waals surface area (Å²) in [5.74, 6) is 1.22. The van der Waals surface area contributed by atoms with Crippen molar-refractivity contribution in [3.8, 4) is 17.6 Å². The van der Waals surface area contributed by atoms with Crippen molar-refractivity contribution in [1.29, 1.82) is 5.26 Å². The number of benzene rings is 2. The van der Waals surface area contributed by atoms with E-state index in [0.29, 0.717) is 22.7 Å². The lowest BCUT2D eigenvalue weighted by Crippen LogP contribution is -1.92. The predicted octanol–water partition coefficient (Wildman–Crippen LogP) is 3.70. The minimum atomic E-state index is 0.573. The van der Waals surface area contributed by atoms with Crippen molar-refractivity contribution in [1.82, 2.24) is 0 Å². The minimum Gasteiger partial charge on any atom is -0.454 e. The molecule has 0 saturated heterocycles. The van der Waals surface area contributed by atoms with Crippen LogP contribution in [0.4, 0.5) is 5.69 Å². The van der Waals surface area contributed by atoms with Crippen molar-refractivity contribution in [2.45, 2.75) is 0 Å². The van der Waals surface area contributed by atoms with Crippen molar-refractivity contribution in [3.63, 3.8) is 0 Å². The molecule has 0 spiro atoms. The highest BCUT2D eigenvalue weighted by Crippen LogP contribution is 2.32. The first kappa shape index (κ1) is 11.5. The van der Waals surface area contributed by atoms with Gasteiger partial charge in [-0.05, 0) is 46.3 Å². The molecule has 0 aliphatic rings. The number of nitrogen functional groups attached to an aromatic ring is 1. The quantitative estimate of drug-likeness (QED) is 0.858. The maximum Gasteiger partial charge on any atom is 0.150 e. The van der Waals surface area contributed by atoms with Crippen LogP contribution >= 0.6 is 15.9 Å². The van der Waals surface area contributed by atoms with E-state index in [1.165, 1.54) is 0 Å². The number of rotatable bonds is 2. The Hall–Kier alpha value is -1.99. The Morgan fingerprint density at radius 3 is 2.53 bits per heavy atom. The normalized spacial score (nSPS) is 9.65. The SMILES string of the molecule is N#Cc1ccc(Oc2ccccc2N)c(Br)c1. The first-order valence-corrected chi connectivity index (χ1v) is 5.72. The highest BCUT2D eigenvalue weighted by atomic mass is 79.9. The molecule has 0 aliphatic carbocycles. The van der Waals surface area contributed by atoms with Gasteiger partial charge in [0.15, 0.2) is 0 Å². The van der Waals surface area contributed by atoms with Gasteiger partial charge in [0.1, 0.15) is 11.5 Å². The molecule has 0 unspecified atom stereocenters. The van der Waals surface area contributed by atoms with Crippen LogP contribution in [-0.2, 0) is 0 Å². The molecule has 2 aromatic rings. The highest BCUT2D eigenvalue weighted by Gasteiger charge is 2.05. The largest absolute Gasteiger partial charge is 0.454 e. The number of nitrogens with two attached hydrogens (primary N) is 1. The van der Waals surface area contributed by atoms with Gasteiger partial charge in [0.2, 0.25) is 0 Å². The first-order valence-electron chi connectivity index (χ1n) is 4.92. The lowest BCUT2D eigenvalue weighted by Gasteiger charge is -2.09. The number of nitriles is 1. The van der Waals surface area contributed by atoms with E-state index in [2.05, 4.69) is 22.0 Å². The van der Waals surface area contributed by atoms with Gasteiger partial charge in [0.05, 0.1) is 21.8 Å². The molecule has 4 heteroatoms. The van der Waals surface area contributed by atoms with Crippen LogP contribution < -0.4 is 10.5 Å². The summed E-state index contributed by atoms with van der Waals surface area (Å²) in [5, 5.41) is 8.76. The standard InChI is InChI=1S/C13H9BrN2O/c14-10-7-9(8-15)5-6-12(10)17-13-4-2-1-3-11(13)16/h1-7H,16H2. The monoisotopic (exact) mass is 288 g/mol. The zero-order valence-electron chi connectivity index (χ0n) is 8.85. The van der Waals surface area contributed by atoms with Gasteiger partial charge >= 0.3 is 0 Å². The third-order valence-electron chi connectivity index (χ3n) is 2.20. The van der Waals surface area contributed by atoms with Crippen LogP contribution in [-0.4, -0.2) is 0 Å². The molecule has 0 heterocycles. The number of ether oxygens (including phenoxy) is 1. The van der Waals surface area contributed by atoms with E-state index < -0.39 is 0 Å². The molecule has 0 aromatic heterocycles. The maximum absolute atomic E-state index is 8.76. The van der Waals surface area contributed by atoms with Gasteiger partial charge in [-0.3, -0.25) is 0 Å². The Labute approximate surface area is 108 Å². The van der Waals surface area contributed by atoms with Gasteiger partial charge in [0, 0.05) is 0 Å². The Bertz CT molecular complexity index is 590. The second-order valence-electron chi connectivity index (χ2n) is 3.40. The zero-order valence-corrected chi connectivity index (χ0v) is 10.4. The van der Waals surface area contributed by atoms with Crippen molar-refractivity contribution >= 4 is 21.6 Å². The van der Waals surface area contributed by atoms with Crippen molar-refractivity contribution in [2.24, 2.45) is 0 Å². The molecular weight excluding hydrogens is 280 g/mol. The molecule has 0 bridgehead atoms. The molecule has 2 rings (SSSR count). The van der Waals surface area contributed by atoms with E-state index in [1.54, 1.807) is 30.3 Å². The Kier molecular flexibility index (Phi) is 3.31. The average Bonchev–Trinajstić information content (AvgIpc) is 2.34. The van der Waals surface area contributed by atoms with Gasteiger partial charge in [0.25, 0.3) is 0 Å². The second-order valence-corrected chi connectivity index (χ2v) is 4.25. The smallest absolute Gasteiger partial charge is 0.150 e. The Morgan fingerprint density at radius 2 is 1.88 bits per heavy atom. The van der Waals surface area contributed by atoms with E-state index in [1.807, 2.05) is 12.1 Å². The molecule has 3 nitrogen and oxygen atoms in total. The van der Waals surface area contributed by atoms with Crippen molar-refractivity contribution in [2.75, 3.05) is 5.73 Å². The molecule has 0 aliphatic heterocycles. The highest BCUT2D eigenvalue weighted by molar-refractivity contribution is 9.10. The predicted molar refractivity (Wildman–Crippen MR) is 69.8 cm³/mol. The van der Waals surface area contributed by atoms with Gasteiger partial charge in [-0.25, -0.2) is 0 Å². The van der Waals surface area contributed by atoms with Gasteiger partial charge < -0.3 is 10.5 Å². The lowest BCUT2D eigenvalue weighted by molar-refractivity contribution is 0.482. The summed E-state index contributed by atoms with van der Waals surface area (Å²) in [7, 11) is 0. The van der Waals surface area contributed by atoms with Gasteiger partial charge in [-0.2, -0.15) is 5.26 Å². The van der Waals surface area contributed by atoms with E-state index in [4.69, 9.17) is 15.7 Å². The van der Waals surface area contributed by atoms with Crippen LogP contribution in [0.1, 0.15) is 5.56 Å². The number of hydrogen-bond acceptors (Lipinski definition) is 3. The molecule has 0 saturated carbocycles. The third kappa shape index (κ3) is 2.58.